The van der Waals surface area contributed by atoms with Crippen LogP contribution in [0.25, 0.3) is 0 Å². The Bertz CT molecular complexity index is 605. The molecule has 1 aromatic heterocycles. The van der Waals surface area contributed by atoms with Crippen molar-refractivity contribution in [2.75, 3.05) is 6.54 Å². The molecule has 1 N–H and O–H groups in total. The summed E-state index contributed by atoms with van der Waals surface area (Å²) in [5, 5.41) is 3.38. The lowest BCUT2D eigenvalue weighted by molar-refractivity contribution is 0.494. The van der Waals surface area contributed by atoms with Crippen LogP contribution in [0, 0.1) is 11.6 Å². The first-order valence-electron chi connectivity index (χ1n) is 6.88. The van der Waals surface area contributed by atoms with Gasteiger partial charge in [-0.25, -0.2) is 8.78 Å². The Hall–Kier alpha value is -1.52. The topological polar surface area (TPSA) is 24.9 Å². The fraction of sp³-hybridized carbons (Fsp3) is 0.312. The average molecular weight is 311 g/mol. The second-order valence-electron chi connectivity index (χ2n) is 4.86. The normalized spacial score (nSPS) is 12.4. The van der Waals surface area contributed by atoms with E-state index in [9.17, 15) is 8.78 Å². The van der Waals surface area contributed by atoms with E-state index in [2.05, 4.69) is 10.3 Å². The maximum absolute atomic E-state index is 13.9. The van der Waals surface area contributed by atoms with Gasteiger partial charge in [0.2, 0.25) is 0 Å². The van der Waals surface area contributed by atoms with Crippen molar-refractivity contribution in [1.82, 2.24) is 10.3 Å². The van der Waals surface area contributed by atoms with Gasteiger partial charge in [-0.2, -0.15) is 0 Å². The predicted molar refractivity (Wildman–Crippen MR) is 80.3 cm³/mol. The van der Waals surface area contributed by atoms with Crippen LogP contribution in [0.15, 0.2) is 36.7 Å². The summed E-state index contributed by atoms with van der Waals surface area (Å²) in [5.41, 5.74) is 1.41. The van der Waals surface area contributed by atoms with E-state index < -0.39 is 5.82 Å². The zero-order valence-electron chi connectivity index (χ0n) is 11.7. The molecule has 0 aliphatic carbocycles. The Morgan fingerprint density at radius 3 is 2.71 bits per heavy atom. The fourth-order valence-corrected chi connectivity index (χ4v) is 2.38. The van der Waals surface area contributed by atoms with Crippen molar-refractivity contribution in [3.63, 3.8) is 0 Å². The Labute approximate surface area is 128 Å². The van der Waals surface area contributed by atoms with Crippen molar-refractivity contribution in [3.05, 3.63) is 64.4 Å². The highest BCUT2D eigenvalue weighted by Gasteiger charge is 2.16. The molecule has 0 fully saturated rings. The molecule has 2 rings (SSSR count). The molecule has 1 unspecified atom stereocenters. The van der Waals surface area contributed by atoms with E-state index in [1.807, 2.05) is 6.92 Å². The van der Waals surface area contributed by atoms with Crippen LogP contribution in [-0.2, 0) is 6.42 Å². The average Bonchev–Trinajstić information content (AvgIpc) is 2.48. The quantitative estimate of drug-likeness (QED) is 0.860. The molecule has 0 radical (unpaired) electrons. The van der Waals surface area contributed by atoms with Crippen molar-refractivity contribution < 1.29 is 8.78 Å². The highest BCUT2D eigenvalue weighted by Crippen LogP contribution is 2.23. The molecule has 2 nitrogen and oxygen atoms in total. The summed E-state index contributed by atoms with van der Waals surface area (Å²) in [7, 11) is 0. The number of benzene rings is 1. The minimum absolute atomic E-state index is 0.0805. The minimum atomic E-state index is -0.450. The van der Waals surface area contributed by atoms with Crippen LogP contribution in [0.1, 0.15) is 30.5 Å². The van der Waals surface area contributed by atoms with Gasteiger partial charge in [0.05, 0.1) is 11.2 Å². The number of nitrogens with zero attached hydrogens (tertiary/aromatic N) is 1. The molecule has 0 saturated carbocycles. The summed E-state index contributed by atoms with van der Waals surface area (Å²) < 4.78 is 27.1. The van der Waals surface area contributed by atoms with Gasteiger partial charge in [0, 0.05) is 17.8 Å². The number of hydrogen-bond donors (Lipinski definition) is 1. The van der Waals surface area contributed by atoms with Gasteiger partial charge in [-0.05, 0) is 43.1 Å². The van der Waals surface area contributed by atoms with E-state index in [0.717, 1.165) is 18.5 Å². The van der Waals surface area contributed by atoms with Crippen LogP contribution in [0.3, 0.4) is 0 Å². The lowest BCUT2D eigenvalue weighted by atomic mass is 9.99. The lowest BCUT2D eigenvalue weighted by Crippen LogP contribution is -2.25. The Morgan fingerprint density at radius 1 is 1.24 bits per heavy atom. The van der Waals surface area contributed by atoms with Crippen LogP contribution in [0.4, 0.5) is 8.78 Å². The van der Waals surface area contributed by atoms with Gasteiger partial charge in [0.15, 0.2) is 0 Å². The summed E-state index contributed by atoms with van der Waals surface area (Å²) in [5.74, 6) is -0.798. The number of hydrogen-bond acceptors (Lipinski definition) is 2. The second kappa shape index (κ2) is 7.48. The molecule has 0 saturated heterocycles. The third kappa shape index (κ3) is 4.22. The summed E-state index contributed by atoms with van der Waals surface area (Å²) in [6.07, 6.45) is 4.23. The Balaban J connectivity index is 2.24. The Kier molecular flexibility index (Phi) is 5.65. The molecule has 0 amide bonds. The molecule has 21 heavy (non-hydrogen) atoms. The van der Waals surface area contributed by atoms with Crippen molar-refractivity contribution in [2.45, 2.75) is 25.8 Å². The van der Waals surface area contributed by atoms with Crippen LogP contribution in [0.2, 0.25) is 5.02 Å². The monoisotopic (exact) mass is 310 g/mol. The number of pyridine rings is 1. The fourth-order valence-electron chi connectivity index (χ4n) is 2.18. The summed E-state index contributed by atoms with van der Waals surface area (Å²) in [4.78, 5) is 3.77. The van der Waals surface area contributed by atoms with Crippen LogP contribution >= 0.6 is 11.6 Å². The molecule has 0 spiro atoms. The van der Waals surface area contributed by atoms with Crippen LogP contribution in [0.5, 0.6) is 0 Å². The van der Waals surface area contributed by atoms with Gasteiger partial charge in [-0.3, -0.25) is 4.98 Å². The summed E-state index contributed by atoms with van der Waals surface area (Å²) in [6.45, 7) is 2.81. The van der Waals surface area contributed by atoms with E-state index >= 15 is 0 Å². The van der Waals surface area contributed by atoms with E-state index in [1.165, 1.54) is 12.3 Å². The highest BCUT2D eigenvalue weighted by molar-refractivity contribution is 6.30. The number of halogens is 3. The maximum atomic E-state index is 13.9. The maximum Gasteiger partial charge on any atom is 0.146 e. The molecule has 0 aliphatic heterocycles. The van der Waals surface area contributed by atoms with Crippen molar-refractivity contribution in [3.8, 4) is 0 Å². The van der Waals surface area contributed by atoms with Crippen molar-refractivity contribution >= 4 is 11.6 Å². The van der Waals surface area contributed by atoms with Gasteiger partial charge in [-0.1, -0.05) is 24.6 Å². The third-order valence-corrected chi connectivity index (χ3v) is 3.53. The number of nitrogens with one attached hydrogen (secondary N) is 1. The number of aromatic nitrogens is 1. The van der Waals surface area contributed by atoms with E-state index in [0.29, 0.717) is 12.0 Å². The molecule has 112 valence electrons. The molecule has 1 aromatic carbocycles. The van der Waals surface area contributed by atoms with Crippen molar-refractivity contribution in [1.29, 1.82) is 0 Å². The SMILES string of the molecule is CCCNC(Cc1ccc(F)c(Cl)c1)c1ccncc1F. The van der Waals surface area contributed by atoms with E-state index in [4.69, 9.17) is 11.6 Å². The molecular formula is C16H17ClF2N2. The second-order valence-corrected chi connectivity index (χ2v) is 5.26. The molecule has 0 bridgehead atoms. The first-order chi connectivity index (χ1) is 10.1. The van der Waals surface area contributed by atoms with Crippen molar-refractivity contribution in [2.24, 2.45) is 0 Å². The smallest absolute Gasteiger partial charge is 0.146 e. The first kappa shape index (κ1) is 15.9. The molecule has 1 atom stereocenters. The predicted octanol–water partition coefficient (Wildman–Crippen LogP) is 4.30. The minimum Gasteiger partial charge on any atom is -0.310 e. The first-order valence-corrected chi connectivity index (χ1v) is 7.26. The molecular weight excluding hydrogens is 294 g/mol. The van der Waals surface area contributed by atoms with Crippen LogP contribution < -0.4 is 5.32 Å². The molecule has 0 aliphatic rings. The van der Waals surface area contributed by atoms with Gasteiger partial charge >= 0.3 is 0 Å². The van der Waals surface area contributed by atoms with Gasteiger partial charge < -0.3 is 5.32 Å². The third-order valence-electron chi connectivity index (χ3n) is 3.24. The lowest BCUT2D eigenvalue weighted by Gasteiger charge is -2.19. The summed E-state index contributed by atoms with van der Waals surface area (Å²) >= 11 is 5.80. The Morgan fingerprint density at radius 2 is 2.05 bits per heavy atom. The standard InChI is InChI=1S/C16H17ClF2N2/c1-2-6-21-16(12-5-7-20-10-15(12)19)9-11-3-4-14(18)13(17)8-11/h3-5,7-8,10,16,21H,2,6,9H2,1H3. The summed E-state index contributed by atoms with van der Waals surface area (Å²) in [6, 6.07) is 6.04. The highest BCUT2D eigenvalue weighted by atomic mass is 35.5. The van der Waals surface area contributed by atoms with Gasteiger partial charge in [0.25, 0.3) is 0 Å². The molecule has 5 heteroatoms. The zero-order chi connectivity index (χ0) is 15.2. The van der Waals surface area contributed by atoms with Crippen LogP contribution in [-0.4, -0.2) is 11.5 Å². The molecule has 1 heterocycles. The van der Waals surface area contributed by atoms with E-state index in [-0.39, 0.29) is 16.9 Å². The molecule has 2 aromatic rings. The van der Waals surface area contributed by atoms with Gasteiger partial charge in [-0.15, -0.1) is 0 Å². The zero-order valence-corrected chi connectivity index (χ0v) is 12.5. The van der Waals surface area contributed by atoms with Gasteiger partial charge in [0.1, 0.15) is 11.6 Å². The largest absolute Gasteiger partial charge is 0.310 e. The number of rotatable bonds is 6. The van der Waals surface area contributed by atoms with E-state index in [1.54, 1.807) is 24.4 Å².